The zero-order valence-electron chi connectivity index (χ0n) is 8.84. The van der Waals surface area contributed by atoms with Crippen LogP contribution in [0.1, 0.15) is 16.2 Å². The minimum Gasteiger partial charge on any atom is -0.298 e. The second-order valence-corrected chi connectivity index (χ2v) is 5.26. The van der Waals surface area contributed by atoms with Crippen molar-refractivity contribution in [2.45, 2.75) is 10.6 Å². The van der Waals surface area contributed by atoms with Gasteiger partial charge in [0, 0.05) is 21.8 Å². The molecule has 0 saturated carbocycles. The molecule has 0 unspecified atom stereocenters. The van der Waals surface area contributed by atoms with Gasteiger partial charge in [0.1, 0.15) is 5.82 Å². The van der Waals surface area contributed by atoms with E-state index in [1.807, 2.05) is 24.3 Å². The normalized spacial score (nSPS) is 10.2. The Balaban J connectivity index is 1.97. The van der Waals surface area contributed by atoms with Crippen LogP contribution in [0, 0.1) is 0 Å². The highest BCUT2D eigenvalue weighted by Gasteiger charge is 1.99. The van der Waals surface area contributed by atoms with E-state index in [1.54, 1.807) is 11.8 Å². The molecule has 2 aromatic rings. The fourth-order valence-electron chi connectivity index (χ4n) is 1.18. The number of carbonyl (C=O) groups excluding carboxylic acids is 1. The number of aromatic nitrogens is 2. The largest absolute Gasteiger partial charge is 0.298 e. The highest BCUT2D eigenvalue weighted by atomic mass is 79.9. The summed E-state index contributed by atoms with van der Waals surface area (Å²) in [6.07, 6.45) is 3.82. The van der Waals surface area contributed by atoms with E-state index in [0.29, 0.717) is 11.3 Å². The average molecular weight is 309 g/mol. The Morgan fingerprint density at radius 3 is 2.41 bits per heavy atom. The zero-order valence-corrected chi connectivity index (χ0v) is 11.2. The molecule has 1 heterocycles. The molecule has 17 heavy (non-hydrogen) atoms. The van der Waals surface area contributed by atoms with Gasteiger partial charge in [-0.3, -0.25) is 4.79 Å². The summed E-state index contributed by atoms with van der Waals surface area (Å²) < 4.78 is 1.06. The molecule has 0 fully saturated rings. The number of carbonyl (C=O) groups is 1. The highest BCUT2D eigenvalue weighted by molar-refractivity contribution is 9.10. The molecule has 1 aromatic carbocycles. The SMILES string of the molecule is O=Cc1cnc(CSc2ccc(Br)cc2)nc1. The van der Waals surface area contributed by atoms with Crippen molar-refractivity contribution >= 4 is 34.0 Å². The molecular weight excluding hydrogens is 300 g/mol. The van der Waals surface area contributed by atoms with Gasteiger partial charge in [0.15, 0.2) is 6.29 Å². The summed E-state index contributed by atoms with van der Waals surface area (Å²) in [5, 5.41) is 0. The second-order valence-electron chi connectivity index (χ2n) is 3.29. The summed E-state index contributed by atoms with van der Waals surface area (Å²) in [5.41, 5.74) is 0.502. The predicted octanol–water partition coefficient (Wildman–Crippen LogP) is 3.34. The molecule has 0 radical (unpaired) electrons. The monoisotopic (exact) mass is 308 g/mol. The van der Waals surface area contributed by atoms with Gasteiger partial charge in [0.25, 0.3) is 0 Å². The summed E-state index contributed by atoms with van der Waals surface area (Å²) in [6, 6.07) is 8.07. The average Bonchev–Trinajstić information content (AvgIpc) is 2.39. The summed E-state index contributed by atoms with van der Waals surface area (Å²) in [5.74, 6) is 1.42. The van der Waals surface area contributed by atoms with E-state index in [-0.39, 0.29) is 0 Å². The first-order valence-corrected chi connectivity index (χ1v) is 6.70. The molecule has 0 aliphatic carbocycles. The molecule has 1 aromatic heterocycles. The van der Waals surface area contributed by atoms with Crippen LogP contribution in [0.25, 0.3) is 0 Å². The lowest BCUT2D eigenvalue weighted by atomic mass is 10.4. The minimum atomic E-state index is 0.502. The number of thioether (sulfide) groups is 1. The van der Waals surface area contributed by atoms with E-state index in [9.17, 15) is 4.79 Å². The smallest absolute Gasteiger partial charge is 0.153 e. The van der Waals surface area contributed by atoms with Gasteiger partial charge < -0.3 is 0 Å². The van der Waals surface area contributed by atoms with E-state index < -0.39 is 0 Å². The van der Waals surface area contributed by atoms with Crippen LogP contribution >= 0.6 is 27.7 Å². The lowest BCUT2D eigenvalue weighted by molar-refractivity contribution is 0.112. The van der Waals surface area contributed by atoms with Gasteiger partial charge in [0.05, 0.1) is 11.3 Å². The number of hydrogen-bond donors (Lipinski definition) is 0. The van der Waals surface area contributed by atoms with Gasteiger partial charge in [-0.1, -0.05) is 15.9 Å². The maximum atomic E-state index is 10.4. The number of benzene rings is 1. The molecule has 0 N–H and O–H groups in total. The Labute approximate surface area is 112 Å². The third-order valence-electron chi connectivity index (χ3n) is 2.04. The maximum Gasteiger partial charge on any atom is 0.153 e. The zero-order chi connectivity index (χ0) is 12.1. The van der Waals surface area contributed by atoms with Crippen molar-refractivity contribution in [1.29, 1.82) is 0 Å². The van der Waals surface area contributed by atoms with Crippen LogP contribution in [-0.2, 0) is 5.75 Å². The van der Waals surface area contributed by atoms with E-state index in [0.717, 1.165) is 21.5 Å². The molecule has 0 aliphatic rings. The highest BCUT2D eigenvalue weighted by Crippen LogP contribution is 2.22. The Morgan fingerprint density at radius 2 is 1.82 bits per heavy atom. The molecular formula is C12H9BrN2OS. The number of hydrogen-bond acceptors (Lipinski definition) is 4. The van der Waals surface area contributed by atoms with Gasteiger partial charge >= 0.3 is 0 Å². The predicted molar refractivity (Wildman–Crippen MR) is 71.1 cm³/mol. The third-order valence-corrected chi connectivity index (χ3v) is 3.58. The number of aldehydes is 1. The number of rotatable bonds is 4. The lowest BCUT2D eigenvalue weighted by Gasteiger charge is -2.01. The Kier molecular flexibility index (Phi) is 4.28. The van der Waals surface area contributed by atoms with E-state index in [2.05, 4.69) is 25.9 Å². The lowest BCUT2D eigenvalue weighted by Crippen LogP contribution is -1.93. The molecule has 0 aliphatic heterocycles. The molecule has 0 saturated heterocycles. The van der Waals surface area contributed by atoms with Gasteiger partial charge in [-0.2, -0.15) is 0 Å². The molecule has 0 atom stereocenters. The molecule has 86 valence electrons. The maximum absolute atomic E-state index is 10.4. The molecule has 0 amide bonds. The Bertz CT molecular complexity index is 499. The van der Waals surface area contributed by atoms with Crippen molar-refractivity contribution in [3.8, 4) is 0 Å². The quantitative estimate of drug-likeness (QED) is 0.642. The summed E-state index contributed by atoms with van der Waals surface area (Å²) in [7, 11) is 0. The van der Waals surface area contributed by atoms with Crippen LogP contribution in [0.4, 0.5) is 0 Å². The van der Waals surface area contributed by atoms with Gasteiger partial charge in [-0.15, -0.1) is 11.8 Å². The van der Waals surface area contributed by atoms with Crippen LogP contribution in [0.3, 0.4) is 0 Å². The van der Waals surface area contributed by atoms with Crippen LogP contribution in [0.2, 0.25) is 0 Å². The van der Waals surface area contributed by atoms with Crippen LogP contribution < -0.4 is 0 Å². The fourth-order valence-corrected chi connectivity index (χ4v) is 2.22. The molecule has 0 bridgehead atoms. The van der Waals surface area contributed by atoms with E-state index >= 15 is 0 Å². The van der Waals surface area contributed by atoms with Crippen molar-refractivity contribution < 1.29 is 4.79 Å². The topological polar surface area (TPSA) is 42.9 Å². The molecule has 2 rings (SSSR count). The second kappa shape index (κ2) is 5.93. The van der Waals surface area contributed by atoms with Crippen molar-refractivity contribution in [2.24, 2.45) is 0 Å². The molecule has 5 heteroatoms. The van der Waals surface area contributed by atoms with Gasteiger partial charge in [-0.05, 0) is 24.3 Å². The van der Waals surface area contributed by atoms with Crippen LogP contribution in [0.5, 0.6) is 0 Å². The Hall–Kier alpha value is -1.20. The first-order chi connectivity index (χ1) is 8.28. The van der Waals surface area contributed by atoms with Gasteiger partial charge in [0.2, 0.25) is 0 Å². The number of nitrogens with zero attached hydrogens (tertiary/aromatic N) is 2. The van der Waals surface area contributed by atoms with Crippen LogP contribution in [0.15, 0.2) is 46.0 Å². The summed E-state index contributed by atoms with van der Waals surface area (Å²) in [4.78, 5) is 19.8. The van der Waals surface area contributed by atoms with Crippen LogP contribution in [-0.4, -0.2) is 16.3 Å². The summed E-state index contributed by atoms with van der Waals surface area (Å²) in [6.45, 7) is 0. The minimum absolute atomic E-state index is 0.502. The molecule has 3 nitrogen and oxygen atoms in total. The van der Waals surface area contributed by atoms with Crippen molar-refractivity contribution in [2.75, 3.05) is 0 Å². The molecule has 0 spiro atoms. The van der Waals surface area contributed by atoms with E-state index in [4.69, 9.17) is 0 Å². The van der Waals surface area contributed by atoms with Crippen molar-refractivity contribution in [3.63, 3.8) is 0 Å². The van der Waals surface area contributed by atoms with E-state index in [1.165, 1.54) is 12.4 Å². The summed E-state index contributed by atoms with van der Waals surface area (Å²) >= 11 is 5.05. The van der Waals surface area contributed by atoms with Crippen molar-refractivity contribution in [3.05, 3.63) is 52.5 Å². The first kappa shape index (κ1) is 12.3. The first-order valence-electron chi connectivity index (χ1n) is 4.92. The van der Waals surface area contributed by atoms with Gasteiger partial charge in [-0.25, -0.2) is 9.97 Å². The standard InChI is InChI=1S/C12H9BrN2OS/c13-10-1-3-11(4-2-10)17-8-12-14-5-9(7-16)6-15-12/h1-7H,8H2. The Morgan fingerprint density at radius 1 is 1.18 bits per heavy atom. The third kappa shape index (κ3) is 3.64. The fraction of sp³-hybridized carbons (Fsp3) is 0.0833. The number of halogens is 1. The van der Waals surface area contributed by atoms with Crippen molar-refractivity contribution in [1.82, 2.24) is 9.97 Å².